The summed E-state index contributed by atoms with van der Waals surface area (Å²) in [5, 5.41) is 25.3. The second-order valence-corrected chi connectivity index (χ2v) is 11.2. The smallest absolute Gasteiger partial charge is 0.134 e. The summed E-state index contributed by atoms with van der Waals surface area (Å²) in [4.78, 5) is 4.85. The first-order valence-electron chi connectivity index (χ1n) is 12.9. The second kappa shape index (κ2) is 9.18. The molecule has 0 saturated carbocycles. The van der Waals surface area contributed by atoms with Crippen LogP contribution in [0, 0.1) is 19.8 Å². The van der Waals surface area contributed by atoms with E-state index in [1.807, 2.05) is 39.1 Å². The molecule has 1 aromatic carbocycles. The zero-order valence-electron chi connectivity index (χ0n) is 22.2. The number of hydrogen-bond donors (Lipinski definition) is 1. The van der Waals surface area contributed by atoms with E-state index in [1.54, 1.807) is 24.7 Å². The van der Waals surface area contributed by atoms with Crippen molar-refractivity contribution in [3.8, 4) is 11.3 Å². The van der Waals surface area contributed by atoms with Crippen LogP contribution in [-0.4, -0.2) is 48.0 Å². The van der Waals surface area contributed by atoms with Crippen LogP contribution in [0.2, 0.25) is 5.02 Å². The lowest BCUT2D eigenvalue weighted by atomic mass is 9.89. The third kappa shape index (κ3) is 4.09. The van der Waals surface area contributed by atoms with Gasteiger partial charge in [0, 0.05) is 49.0 Å². The van der Waals surface area contributed by atoms with Gasteiger partial charge in [0.15, 0.2) is 0 Å². The average molecular weight is 535 g/mol. The van der Waals surface area contributed by atoms with Gasteiger partial charge < -0.3 is 18.9 Å². The lowest BCUT2D eigenvalue weighted by Gasteiger charge is -2.31. The van der Waals surface area contributed by atoms with Crippen molar-refractivity contribution in [1.82, 2.24) is 29.7 Å². The Morgan fingerprint density at radius 1 is 1.11 bits per heavy atom. The first-order chi connectivity index (χ1) is 18.1. The predicted molar refractivity (Wildman–Crippen MR) is 145 cm³/mol. The number of ether oxygens (including phenoxy) is 1. The van der Waals surface area contributed by atoms with Crippen LogP contribution in [-0.2, 0) is 17.4 Å². The number of aliphatic hydroxyl groups is 1. The van der Waals surface area contributed by atoms with E-state index in [1.165, 1.54) is 0 Å². The minimum Gasteiger partial charge on any atom is -0.386 e. The molecule has 1 atom stereocenters. The third-order valence-corrected chi connectivity index (χ3v) is 7.94. The van der Waals surface area contributed by atoms with E-state index in [-0.39, 0.29) is 12.0 Å². The molecule has 1 fully saturated rings. The van der Waals surface area contributed by atoms with Gasteiger partial charge in [-0.1, -0.05) is 22.0 Å². The van der Waals surface area contributed by atoms with Crippen LogP contribution in [0.1, 0.15) is 55.4 Å². The Hall–Kier alpha value is -3.27. The Morgan fingerprint density at radius 3 is 2.50 bits per heavy atom. The maximum Gasteiger partial charge on any atom is 0.134 e. The van der Waals surface area contributed by atoms with Gasteiger partial charge in [-0.2, -0.15) is 0 Å². The number of fused-ring (bicyclic) bond motifs is 3. The van der Waals surface area contributed by atoms with Crippen LogP contribution in [0.3, 0.4) is 0 Å². The zero-order chi connectivity index (χ0) is 26.8. The first-order valence-corrected chi connectivity index (χ1v) is 13.2. The quantitative estimate of drug-likeness (QED) is 0.318. The number of aromatic nitrogens is 6. The van der Waals surface area contributed by atoms with Crippen LogP contribution in [0.25, 0.3) is 33.2 Å². The number of aryl methyl sites for hydroxylation is 3. The Bertz CT molecular complexity index is 1640. The van der Waals surface area contributed by atoms with Gasteiger partial charge in [0.1, 0.15) is 11.5 Å². The number of nitrogens with zero attached hydrogens (tertiary/aromatic N) is 6. The van der Waals surface area contributed by atoms with Crippen molar-refractivity contribution in [3.63, 3.8) is 0 Å². The van der Waals surface area contributed by atoms with Crippen LogP contribution < -0.4 is 0 Å². The monoisotopic (exact) mass is 534 g/mol. The summed E-state index contributed by atoms with van der Waals surface area (Å²) in [6, 6.07) is 8.00. The highest BCUT2D eigenvalue weighted by Gasteiger charge is 2.33. The molecule has 6 rings (SSSR count). The van der Waals surface area contributed by atoms with E-state index >= 15 is 0 Å². The molecule has 0 bridgehead atoms. The van der Waals surface area contributed by atoms with Gasteiger partial charge in [0.2, 0.25) is 0 Å². The molecule has 9 nitrogen and oxygen atoms in total. The number of benzene rings is 1. The summed E-state index contributed by atoms with van der Waals surface area (Å²) >= 11 is 6.91. The summed E-state index contributed by atoms with van der Waals surface area (Å²) in [5.41, 5.74) is 5.73. The minimum atomic E-state index is -1.05. The molecule has 0 spiro atoms. The summed E-state index contributed by atoms with van der Waals surface area (Å²) in [6.45, 7) is 8.77. The van der Waals surface area contributed by atoms with E-state index < -0.39 is 5.60 Å². The van der Waals surface area contributed by atoms with Gasteiger partial charge in [-0.05, 0) is 64.7 Å². The van der Waals surface area contributed by atoms with Crippen LogP contribution in [0.15, 0.2) is 35.0 Å². The fraction of sp³-hybridized carbons (Fsp3) is 0.429. The molecule has 1 aliphatic rings. The van der Waals surface area contributed by atoms with Crippen molar-refractivity contribution in [3.05, 3.63) is 58.2 Å². The van der Waals surface area contributed by atoms with E-state index in [9.17, 15) is 5.11 Å². The maximum atomic E-state index is 10.9. The van der Waals surface area contributed by atoms with Crippen molar-refractivity contribution >= 4 is 33.5 Å². The van der Waals surface area contributed by atoms with Gasteiger partial charge in [-0.3, -0.25) is 4.98 Å². The van der Waals surface area contributed by atoms with Gasteiger partial charge in [-0.15, -0.1) is 5.10 Å². The van der Waals surface area contributed by atoms with Gasteiger partial charge >= 0.3 is 0 Å². The van der Waals surface area contributed by atoms with Crippen molar-refractivity contribution in [2.75, 3.05) is 13.2 Å². The first kappa shape index (κ1) is 25.0. The normalized spacial score (nSPS) is 16.1. The summed E-state index contributed by atoms with van der Waals surface area (Å²) in [6.07, 6.45) is 3.52. The molecule has 10 heteroatoms. The molecule has 0 amide bonds. The van der Waals surface area contributed by atoms with Crippen molar-refractivity contribution < 1.29 is 14.4 Å². The fourth-order valence-electron chi connectivity index (χ4n) is 5.71. The maximum absolute atomic E-state index is 10.9. The van der Waals surface area contributed by atoms with Gasteiger partial charge in [-0.25, -0.2) is 4.68 Å². The zero-order valence-corrected chi connectivity index (χ0v) is 23.0. The molecule has 0 radical (unpaired) electrons. The van der Waals surface area contributed by atoms with Gasteiger partial charge in [0.25, 0.3) is 0 Å². The second-order valence-electron chi connectivity index (χ2n) is 10.8. The molecular weight excluding hydrogens is 504 g/mol. The molecule has 5 heterocycles. The summed E-state index contributed by atoms with van der Waals surface area (Å²) in [7, 11) is 1.87. The molecule has 0 unspecified atom stereocenters. The highest BCUT2D eigenvalue weighted by Crippen LogP contribution is 2.43. The molecule has 1 N–H and O–H groups in total. The predicted octanol–water partition coefficient (Wildman–Crippen LogP) is 5.49. The van der Waals surface area contributed by atoms with Crippen LogP contribution >= 0.6 is 11.6 Å². The highest BCUT2D eigenvalue weighted by atomic mass is 35.5. The van der Waals surface area contributed by atoms with Gasteiger partial charge in [0.05, 0.1) is 44.6 Å². The Balaban J connectivity index is 1.72. The standard InChI is InChI=1S/C28H31ClN6O3/c1-15-10-22(32-38-15)27(17-6-8-37-9-7-17)35-23-13-19(26-16(2)31-33-34(26)5)21(29)12-20(23)25-24(35)11-18(14-30-25)28(3,4)36/h10-14,17,27,36H,6-9H2,1-5H3/t27-/m1/s1. The van der Waals surface area contributed by atoms with E-state index in [2.05, 4.69) is 26.1 Å². The van der Waals surface area contributed by atoms with Crippen molar-refractivity contribution in [2.24, 2.45) is 13.0 Å². The largest absolute Gasteiger partial charge is 0.386 e. The summed E-state index contributed by atoms with van der Waals surface area (Å²) < 4.78 is 15.4. The highest BCUT2D eigenvalue weighted by molar-refractivity contribution is 6.34. The van der Waals surface area contributed by atoms with E-state index in [4.69, 9.17) is 25.8 Å². The number of rotatable bonds is 5. The fourth-order valence-corrected chi connectivity index (χ4v) is 5.96. The molecule has 5 aromatic rings. The van der Waals surface area contributed by atoms with Crippen LogP contribution in [0.4, 0.5) is 0 Å². The molecule has 1 aliphatic heterocycles. The summed E-state index contributed by atoms with van der Waals surface area (Å²) in [5.74, 6) is 1.02. The molecule has 198 valence electrons. The Labute approximate surface area is 225 Å². The third-order valence-electron chi connectivity index (χ3n) is 7.62. The van der Waals surface area contributed by atoms with Crippen LogP contribution in [0.5, 0.6) is 0 Å². The van der Waals surface area contributed by atoms with E-state index in [0.717, 1.165) is 68.7 Å². The lowest BCUT2D eigenvalue weighted by Crippen LogP contribution is -2.27. The SMILES string of the molecule is Cc1cc([C@@H](C2CCOCC2)n2c3cc(-c4c(C)nnn4C)c(Cl)cc3c3ncc(C(C)(C)O)cc32)no1. The number of hydrogen-bond acceptors (Lipinski definition) is 7. The van der Waals surface area contributed by atoms with Crippen molar-refractivity contribution in [2.45, 2.75) is 52.2 Å². The molecule has 1 saturated heterocycles. The number of halogens is 1. The molecular formula is C28H31ClN6O3. The lowest BCUT2D eigenvalue weighted by molar-refractivity contribution is 0.0543. The molecule has 38 heavy (non-hydrogen) atoms. The molecule has 0 aliphatic carbocycles. The Morgan fingerprint density at radius 2 is 1.87 bits per heavy atom. The number of pyridine rings is 1. The van der Waals surface area contributed by atoms with Crippen molar-refractivity contribution in [1.29, 1.82) is 0 Å². The topological polar surface area (TPSA) is 104 Å². The minimum absolute atomic E-state index is 0.130. The Kier molecular flexibility index (Phi) is 6.05. The van der Waals surface area contributed by atoms with E-state index in [0.29, 0.717) is 18.2 Å². The average Bonchev–Trinajstić information content (AvgIpc) is 3.55. The molecule has 4 aromatic heterocycles.